The maximum atomic E-state index is 13.9. The van der Waals surface area contributed by atoms with Crippen LogP contribution >= 0.6 is 24.0 Å². The molecular weight excluding hydrogens is 446 g/mol. The molecule has 2 N–H and O–H groups in total. The first-order chi connectivity index (χ1) is 12.1. The number of nitrogens with zero attached hydrogens (tertiary/aromatic N) is 2. The van der Waals surface area contributed by atoms with Crippen LogP contribution in [0.5, 0.6) is 5.75 Å². The molecular formula is C19H32FIN4O. The summed E-state index contributed by atoms with van der Waals surface area (Å²) in [7, 11) is 3.23. The molecule has 1 aliphatic heterocycles. The number of ether oxygens (including phenoxy) is 1. The third-order valence-corrected chi connectivity index (χ3v) is 4.91. The van der Waals surface area contributed by atoms with Gasteiger partial charge in [-0.1, -0.05) is 19.4 Å². The van der Waals surface area contributed by atoms with Gasteiger partial charge in [0.05, 0.1) is 13.2 Å². The van der Waals surface area contributed by atoms with E-state index in [4.69, 9.17) is 4.74 Å². The van der Waals surface area contributed by atoms with E-state index in [9.17, 15) is 4.39 Å². The molecule has 148 valence electrons. The Labute approximate surface area is 173 Å². The minimum atomic E-state index is -0.350. The van der Waals surface area contributed by atoms with Crippen LogP contribution in [0.25, 0.3) is 0 Å². The first-order valence-corrected chi connectivity index (χ1v) is 9.13. The van der Waals surface area contributed by atoms with Gasteiger partial charge >= 0.3 is 0 Å². The molecule has 26 heavy (non-hydrogen) atoms. The van der Waals surface area contributed by atoms with Gasteiger partial charge in [-0.25, -0.2) is 4.39 Å². The molecule has 0 aromatic heterocycles. The summed E-state index contributed by atoms with van der Waals surface area (Å²) in [4.78, 5) is 6.82. The van der Waals surface area contributed by atoms with Crippen molar-refractivity contribution in [2.75, 3.05) is 33.8 Å². The average molecular weight is 478 g/mol. The van der Waals surface area contributed by atoms with Crippen molar-refractivity contribution in [3.63, 3.8) is 0 Å². The Hall–Kier alpha value is -1.09. The normalized spacial score (nSPS) is 19.4. The van der Waals surface area contributed by atoms with Crippen LogP contribution in [0.15, 0.2) is 23.2 Å². The first kappa shape index (κ1) is 23.0. The molecule has 0 bridgehead atoms. The number of rotatable bonds is 6. The third kappa shape index (κ3) is 6.26. The number of piperidine rings is 1. The van der Waals surface area contributed by atoms with E-state index in [2.05, 4.69) is 27.4 Å². The number of aliphatic imine (C=N–C) groups is 1. The van der Waals surface area contributed by atoms with Crippen molar-refractivity contribution in [2.24, 2.45) is 4.99 Å². The highest BCUT2D eigenvalue weighted by Gasteiger charge is 2.21. The second-order valence-electron chi connectivity index (χ2n) is 6.49. The van der Waals surface area contributed by atoms with Gasteiger partial charge in [-0.05, 0) is 50.6 Å². The van der Waals surface area contributed by atoms with E-state index in [-0.39, 0.29) is 41.6 Å². The largest absolute Gasteiger partial charge is 0.494 e. The summed E-state index contributed by atoms with van der Waals surface area (Å²) in [5, 5.41) is 6.75. The first-order valence-electron chi connectivity index (χ1n) is 9.13. The van der Waals surface area contributed by atoms with E-state index < -0.39 is 0 Å². The van der Waals surface area contributed by atoms with Crippen LogP contribution in [0.1, 0.15) is 44.7 Å². The average Bonchev–Trinajstić information content (AvgIpc) is 2.64. The lowest BCUT2D eigenvalue weighted by Gasteiger charge is -2.35. The summed E-state index contributed by atoms with van der Waals surface area (Å²) >= 11 is 0. The zero-order valence-electron chi connectivity index (χ0n) is 16.2. The molecule has 1 fully saturated rings. The lowest BCUT2D eigenvalue weighted by molar-refractivity contribution is 0.157. The summed E-state index contributed by atoms with van der Waals surface area (Å²) in [6.45, 7) is 7.34. The van der Waals surface area contributed by atoms with E-state index in [1.54, 1.807) is 13.1 Å². The predicted octanol–water partition coefficient (Wildman–Crippen LogP) is 3.55. The summed E-state index contributed by atoms with van der Waals surface area (Å²) < 4.78 is 18.9. The molecule has 0 saturated carbocycles. The van der Waals surface area contributed by atoms with E-state index in [1.807, 2.05) is 13.0 Å². The van der Waals surface area contributed by atoms with Gasteiger partial charge < -0.3 is 15.4 Å². The van der Waals surface area contributed by atoms with E-state index in [1.165, 1.54) is 39.0 Å². The van der Waals surface area contributed by atoms with Crippen LogP contribution in [-0.2, 0) is 0 Å². The monoisotopic (exact) mass is 478 g/mol. The molecule has 0 amide bonds. The van der Waals surface area contributed by atoms with Crippen LogP contribution in [-0.4, -0.2) is 50.7 Å². The Morgan fingerprint density at radius 3 is 2.81 bits per heavy atom. The van der Waals surface area contributed by atoms with Crippen molar-refractivity contribution in [3.05, 3.63) is 29.6 Å². The number of nitrogens with one attached hydrogen (secondary N) is 2. The molecule has 1 aromatic rings. The van der Waals surface area contributed by atoms with Crippen LogP contribution in [0, 0.1) is 5.82 Å². The molecule has 1 saturated heterocycles. The van der Waals surface area contributed by atoms with Gasteiger partial charge in [-0.3, -0.25) is 9.89 Å². The van der Waals surface area contributed by atoms with Crippen molar-refractivity contribution < 1.29 is 9.13 Å². The fourth-order valence-electron chi connectivity index (χ4n) is 3.36. The van der Waals surface area contributed by atoms with Crippen LogP contribution < -0.4 is 15.4 Å². The third-order valence-electron chi connectivity index (χ3n) is 4.91. The molecule has 2 unspecified atom stereocenters. The summed E-state index contributed by atoms with van der Waals surface area (Å²) in [5.74, 6) is 0.651. The highest BCUT2D eigenvalue weighted by molar-refractivity contribution is 14.0. The quantitative estimate of drug-likeness (QED) is 0.373. The fourth-order valence-corrected chi connectivity index (χ4v) is 3.36. The van der Waals surface area contributed by atoms with Crippen molar-refractivity contribution in [3.8, 4) is 5.75 Å². The summed E-state index contributed by atoms with van der Waals surface area (Å²) in [6.07, 6.45) is 3.80. The zero-order valence-corrected chi connectivity index (χ0v) is 18.5. The van der Waals surface area contributed by atoms with Gasteiger partial charge in [0.15, 0.2) is 17.5 Å². The number of likely N-dealkylation sites (N-methyl/N-ethyl adjacent to an activating group) is 1. The number of hydrogen-bond acceptors (Lipinski definition) is 3. The number of halogens is 2. The van der Waals surface area contributed by atoms with Gasteiger partial charge in [0.2, 0.25) is 0 Å². The molecule has 0 radical (unpaired) electrons. The summed E-state index contributed by atoms with van der Waals surface area (Å²) in [5.41, 5.74) is 0.856. The topological polar surface area (TPSA) is 48.9 Å². The number of methoxy groups -OCH3 is 1. The SMILES string of the molecule is CCN1CCCCC1CNC(=NC)NC(C)c1ccc(OC)c(F)c1.I. The predicted molar refractivity (Wildman–Crippen MR) is 116 cm³/mol. The second kappa shape index (κ2) is 11.6. The standard InChI is InChI=1S/C19H31FN4O.HI/c1-5-24-11-7-6-8-16(24)13-22-19(21-3)23-14(2)15-9-10-18(25-4)17(20)12-15;/h9-10,12,14,16H,5-8,11,13H2,1-4H3,(H2,21,22,23);1H. The second-order valence-corrected chi connectivity index (χ2v) is 6.49. The van der Waals surface area contributed by atoms with Gasteiger partial charge in [-0.15, -0.1) is 24.0 Å². The van der Waals surface area contributed by atoms with Gasteiger partial charge in [0, 0.05) is 19.6 Å². The Morgan fingerprint density at radius 2 is 2.19 bits per heavy atom. The highest BCUT2D eigenvalue weighted by Crippen LogP contribution is 2.21. The molecule has 2 atom stereocenters. The molecule has 1 aliphatic rings. The molecule has 0 aliphatic carbocycles. The zero-order chi connectivity index (χ0) is 18.2. The number of guanidine groups is 1. The van der Waals surface area contributed by atoms with Gasteiger partial charge in [0.25, 0.3) is 0 Å². The summed E-state index contributed by atoms with van der Waals surface area (Å²) in [6, 6.07) is 5.52. The Morgan fingerprint density at radius 1 is 1.42 bits per heavy atom. The fraction of sp³-hybridized carbons (Fsp3) is 0.632. The lowest BCUT2D eigenvalue weighted by atomic mass is 10.0. The van der Waals surface area contributed by atoms with Crippen molar-refractivity contribution in [1.29, 1.82) is 0 Å². The van der Waals surface area contributed by atoms with Crippen molar-refractivity contribution in [2.45, 2.75) is 45.2 Å². The number of likely N-dealkylation sites (tertiary alicyclic amines) is 1. The molecule has 2 rings (SSSR count). The molecule has 7 heteroatoms. The number of hydrogen-bond donors (Lipinski definition) is 2. The Bertz CT molecular complexity index is 585. The molecule has 1 heterocycles. The molecule has 0 spiro atoms. The van der Waals surface area contributed by atoms with Crippen molar-refractivity contribution >= 4 is 29.9 Å². The van der Waals surface area contributed by atoms with Crippen LogP contribution in [0.2, 0.25) is 0 Å². The van der Waals surface area contributed by atoms with E-state index in [0.717, 1.165) is 24.6 Å². The lowest BCUT2D eigenvalue weighted by Crippen LogP contribution is -2.49. The van der Waals surface area contributed by atoms with Gasteiger partial charge in [0.1, 0.15) is 0 Å². The number of benzene rings is 1. The Balaban J connectivity index is 0.00000338. The Kier molecular flexibility index (Phi) is 10.2. The maximum absolute atomic E-state index is 13.9. The minimum Gasteiger partial charge on any atom is -0.494 e. The van der Waals surface area contributed by atoms with E-state index >= 15 is 0 Å². The van der Waals surface area contributed by atoms with E-state index in [0.29, 0.717) is 6.04 Å². The van der Waals surface area contributed by atoms with Crippen LogP contribution in [0.4, 0.5) is 4.39 Å². The molecule has 1 aromatic carbocycles. The highest BCUT2D eigenvalue weighted by atomic mass is 127. The minimum absolute atomic E-state index is 0. The molecule has 5 nitrogen and oxygen atoms in total. The van der Waals surface area contributed by atoms with Crippen LogP contribution in [0.3, 0.4) is 0 Å². The van der Waals surface area contributed by atoms with Crippen molar-refractivity contribution in [1.82, 2.24) is 15.5 Å². The maximum Gasteiger partial charge on any atom is 0.191 e. The smallest absolute Gasteiger partial charge is 0.191 e. The van der Waals surface area contributed by atoms with Gasteiger partial charge in [-0.2, -0.15) is 0 Å².